The third-order valence-electron chi connectivity index (χ3n) is 4.86. The zero-order chi connectivity index (χ0) is 16.9. The van der Waals surface area contributed by atoms with E-state index in [0.717, 1.165) is 11.3 Å². The number of ether oxygens (including phenoxy) is 1. The van der Waals surface area contributed by atoms with Crippen LogP contribution in [0.4, 0.5) is 5.69 Å². The van der Waals surface area contributed by atoms with E-state index in [9.17, 15) is 4.79 Å². The molecule has 0 spiro atoms. The number of nitrogens with one attached hydrogen (secondary N) is 1. The van der Waals surface area contributed by atoms with Crippen molar-refractivity contribution in [3.63, 3.8) is 0 Å². The van der Waals surface area contributed by atoms with Crippen LogP contribution in [0.3, 0.4) is 0 Å². The molecule has 1 aliphatic carbocycles. The van der Waals surface area contributed by atoms with E-state index in [1.807, 2.05) is 37.3 Å². The number of carbonyl (C=O) groups excluding carboxylic acids is 1. The Morgan fingerprint density at radius 3 is 2.42 bits per heavy atom. The van der Waals surface area contributed by atoms with Crippen LogP contribution in [0.25, 0.3) is 0 Å². The van der Waals surface area contributed by atoms with Gasteiger partial charge in [-0.1, -0.05) is 43.0 Å². The van der Waals surface area contributed by atoms with Gasteiger partial charge in [0.05, 0.1) is 12.8 Å². The molecule has 1 saturated carbocycles. The Morgan fingerprint density at radius 1 is 1.04 bits per heavy atom. The molecule has 3 nitrogen and oxygen atoms in total. The monoisotopic (exact) mass is 323 g/mol. The number of rotatable bonds is 4. The SMILES string of the molecule is COc1ccc(C2CCCCC2)cc1NC(=O)c1ccc(C)cc1. The summed E-state index contributed by atoms with van der Waals surface area (Å²) < 4.78 is 5.43. The zero-order valence-corrected chi connectivity index (χ0v) is 14.5. The highest BCUT2D eigenvalue weighted by Crippen LogP contribution is 2.36. The maximum absolute atomic E-state index is 12.5. The van der Waals surface area contributed by atoms with Gasteiger partial charge in [0.15, 0.2) is 0 Å². The number of amides is 1. The maximum atomic E-state index is 12.5. The van der Waals surface area contributed by atoms with Crippen molar-refractivity contribution in [1.29, 1.82) is 0 Å². The van der Waals surface area contributed by atoms with E-state index in [-0.39, 0.29) is 5.91 Å². The minimum absolute atomic E-state index is 0.103. The number of hydrogen-bond acceptors (Lipinski definition) is 2. The minimum Gasteiger partial charge on any atom is -0.495 e. The molecule has 3 heteroatoms. The summed E-state index contributed by atoms with van der Waals surface area (Å²) in [5.74, 6) is 1.20. The Kier molecular flexibility index (Phi) is 5.19. The van der Waals surface area contributed by atoms with Crippen LogP contribution in [0.15, 0.2) is 42.5 Å². The third-order valence-corrected chi connectivity index (χ3v) is 4.86. The lowest BCUT2D eigenvalue weighted by Crippen LogP contribution is -2.13. The molecule has 3 rings (SSSR count). The first-order valence-electron chi connectivity index (χ1n) is 8.73. The molecule has 2 aromatic rings. The molecule has 0 aliphatic heterocycles. The van der Waals surface area contributed by atoms with Gasteiger partial charge >= 0.3 is 0 Å². The molecule has 0 unspecified atom stereocenters. The van der Waals surface area contributed by atoms with E-state index in [0.29, 0.717) is 17.2 Å². The van der Waals surface area contributed by atoms with Gasteiger partial charge in [-0.2, -0.15) is 0 Å². The Morgan fingerprint density at radius 2 is 1.75 bits per heavy atom. The van der Waals surface area contributed by atoms with Crippen molar-refractivity contribution in [3.05, 3.63) is 59.2 Å². The summed E-state index contributed by atoms with van der Waals surface area (Å²) in [6.45, 7) is 2.01. The third kappa shape index (κ3) is 3.78. The normalized spacial score (nSPS) is 15.1. The Balaban J connectivity index is 1.82. The van der Waals surface area contributed by atoms with Crippen molar-refractivity contribution in [2.24, 2.45) is 0 Å². The van der Waals surface area contributed by atoms with Crippen molar-refractivity contribution in [3.8, 4) is 5.75 Å². The lowest BCUT2D eigenvalue weighted by Gasteiger charge is -2.23. The molecule has 1 amide bonds. The molecular formula is C21H25NO2. The van der Waals surface area contributed by atoms with E-state index in [2.05, 4.69) is 17.4 Å². The van der Waals surface area contributed by atoms with Gasteiger partial charge in [0.1, 0.15) is 5.75 Å². The van der Waals surface area contributed by atoms with Gasteiger partial charge in [-0.05, 0) is 55.5 Å². The molecule has 0 radical (unpaired) electrons. The van der Waals surface area contributed by atoms with Crippen LogP contribution in [0, 0.1) is 6.92 Å². The summed E-state index contributed by atoms with van der Waals surface area (Å²) in [5.41, 5.74) is 3.86. The fourth-order valence-electron chi connectivity index (χ4n) is 3.41. The zero-order valence-electron chi connectivity index (χ0n) is 14.5. The van der Waals surface area contributed by atoms with Crippen LogP contribution >= 0.6 is 0 Å². The number of hydrogen-bond donors (Lipinski definition) is 1. The van der Waals surface area contributed by atoms with Gasteiger partial charge in [0.25, 0.3) is 5.91 Å². The summed E-state index contributed by atoms with van der Waals surface area (Å²) in [5, 5.41) is 3.01. The molecule has 0 saturated heterocycles. The molecule has 1 fully saturated rings. The molecule has 2 aromatic carbocycles. The van der Waals surface area contributed by atoms with Gasteiger partial charge in [-0.25, -0.2) is 0 Å². The van der Waals surface area contributed by atoms with Crippen molar-refractivity contribution >= 4 is 11.6 Å². The highest BCUT2D eigenvalue weighted by atomic mass is 16.5. The highest BCUT2D eigenvalue weighted by Gasteiger charge is 2.18. The van der Waals surface area contributed by atoms with Gasteiger partial charge in [-0.3, -0.25) is 4.79 Å². The molecule has 0 bridgehead atoms. The topological polar surface area (TPSA) is 38.3 Å². The number of benzene rings is 2. The second-order valence-electron chi connectivity index (χ2n) is 6.61. The minimum atomic E-state index is -0.103. The second-order valence-corrected chi connectivity index (χ2v) is 6.61. The van der Waals surface area contributed by atoms with E-state index >= 15 is 0 Å². The van der Waals surface area contributed by atoms with Crippen LogP contribution < -0.4 is 10.1 Å². The van der Waals surface area contributed by atoms with E-state index < -0.39 is 0 Å². The Labute approximate surface area is 144 Å². The fourth-order valence-corrected chi connectivity index (χ4v) is 3.41. The highest BCUT2D eigenvalue weighted by molar-refractivity contribution is 6.05. The van der Waals surface area contributed by atoms with Crippen LogP contribution in [-0.2, 0) is 0 Å². The van der Waals surface area contributed by atoms with Crippen molar-refractivity contribution < 1.29 is 9.53 Å². The second kappa shape index (κ2) is 7.52. The molecule has 1 N–H and O–H groups in total. The van der Waals surface area contributed by atoms with Gasteiger partial charge in [-0.15, -0.1) is 0 Å². The van der Waals surface area contributed by atoms with E-state index in [1.165, 1.54) is 37.7 Å². The molecule has 126 valence electrons. The molecule has 0 atom stereocenters. The first kappa shape index (κ1) is 16.6. The number of methoxy groups -OCH3 is 1. The Bertz CT molecular complexity index is 700. The summed E-state index contributed by atoms with van der Waals surface area (Å²) >= 11 is 0. The van der Waals surface area contributed by atoms with Crippen LogP contribution in [0.2, 0.25) is 0 Å². The Hall–Kier alpha value is -2.29. The van der Waals surface area contributed by atoms with Crippen LogP contribution in [0.5, 0.6) is 5.75 Å². The van der Waals surface area contributed by atoms with Gasteiger partial charge in [0.2, 0.25) is 0 Å². The lowest BCUT2D eigenvalue weighted by atomic mass is 9.84. The number of carbonyl (C=O) groups is 1. The average molecular weight is 323 g/mol. The fraction of sp³-hybridized carbons (Fsp3) is 0.381. The summed E-state index contributed by atoms with van der Waals surface area (Å²) in [7, 11) is 1.64. The first-order chi connectivity index (χ1) is 11.7. The molecule has 24 heavy (non-hydrogen) atoms. The van der Waals surface area contributed by atoms with Crippen molar-refractivity contribution in [2.75, 3.05) is 12.4 Å². The van der Waals surface area contributed by atoms with Gasteiger partial charge < -0.3 is 10.1 Å². The molecule has 0 heterocycles. The summed E-state index contributed by atoms with van der Waals surface area (Å²) in [6, 6.07) is 13.8. The van der Waals surface area contributed by atoms with Crippen LogP contribution in [-0.4, -0.2) is 13.0 Å². The maximum Gasteiger partial charge on any atom is 0.255 e. The predicted molar refractivity (Wildman–Crippen MR) is 98.0 cm³/mol. The lowest BCUT2D eigenvalue weighted by molar-refractivity contribution is 0.102. The molecule has 0 aromatic heterocycles. The van der Waals surface area contributed by atoms with E-state index in [4.69, 9.17) is 4.74 Å². The number of aryl methyl sites for hydroxylation is 1. The predicted octanol–water partition coefficient (Wildman–Crippen LogP) is 5.30. The average Bonchev–Trinajstić information content (AvgIpc) is 2.63. The smallest absolute Gasteiger partial charge is 0.255 e. The van der Waals surface area contributed by atoms with Crippen LogP contribution in [0.1, 0.15) is 59.5 Å². The standard InChI is InChI=1S/C21H25NO2/c1-15-8-10-17(11-9-15)21(23)22-19-14-18(12-13-20(19)24-2)16-6-4-3-5-7-16/h8-14,16H,3-7H2,1-2H3,(H,22,23). The summed E-state index contributed by atoms with van der Waals surface area (Å²) in [4.78, 5) is 12.5. The molecular weight excluding hydrogens is 298 g/mol. The quantitative estimate of drug-likeness (QED) is 0.828. The van der Waals surface area contributed by atoms with Crippen molar-refractivity contribution in [2.45, 2.75) is 44.9 Å². The summed E-state index contributed by atoms with van der Waals surface area (Å²) in [6.07, 6.45) is 6.39. The van der Waals surface area contributed by atoms with E-state index in [1.54, 1.807) is 7.11 Å². The number of anilines is 1. The largest absolute Gasteiger partial charge is 0.495 e. The van der Waals surface area contributed by atoms with Gasteiger partial charge in [0, 0.05) is 5.56 Å². The molecule has 1 aliphatic rings. The van der Waals surface area contributed by atoms with Crippen molar-refractivity contribution in [1.82, 2.24) is 0 Å². The first-order valence-corrected chi connectivity index (χ1v) is 8.73.